The fraction of sp³-hybridized carbons (Fsp3) is 0.167. The molecule has 0 radical (unpaired) electrons. The fourth-order valence-corrected chi connectivity index (χ4v) is 2.05. The quantitative estimate of drug-likeness (QED) is 0.881. The number of nitrogens with one attached hydrogen (secondary N) is 2. The van der Waals surface area contributed by atoms with Crippen LogP contribution in [-0.4, -0.2) is 26.4 Å². The summed E-state index contributed by atoms with van der Waals surface area (Å²) in [5, 5.41) is 2.19. The largest absolute Gasteiger partial charge is 0.438 e. The molecule has 2 aromatic rings. The summed E-state index contributed by atoms with van der Waals surface area (Å²) in [4.78, 5) is 15.9. The summed E-state index contributed by atoms with van der Waals surface area (Å²) in [6, 6.07) is 5.93. The van der Waals surface area contributed by atoms with Gasteiger partial charge < -0.3 is 9.73 Å². The van der Waals surface area contributed by atoms with E-state index >= 15 is 0 Å². The van der Waals surface area contributed by atoms with Crippen molar-refractivity contribution >= 4 is 21.7 Å². The number of aryl methyl sites for hydroxylation is 1. The highest BCUT2D eigenvalue weighted by atomic mass is 32.2. The van der Waals surface area contributed by atoms with Crippen molar-refractivity contribution in [1.29, 1.82) is 0 Å². The van der Waals surface area contributed by atoms with Crippen molar-refractivity contribution in [3.05, 3.63) is 41.8 Å². The van der Waals surface area contributed by atoms with Gasteiger partial charge in [-0.15, -0.1) is 0 Å². The van der Waals surface area contributed by atoms with Gasteiger partial charge in [0, 0.05) is 6.20 Å². The van der Waals surface area contributed by atoms with E-state index in [-0.39, 0.29) is 10.9 Å². The maximum atomic E-state index is 11.9. The molecular weight excluding hydrogens is 282 g/mol. The van der Waals surface area contributed by atoms with Crippen molar-refractivity contribution in [1.82, 2.24) is 9.71 Å². The molecule has 1 amide bonds. The number of hydrogen-bond donors (Lipinski definition) is 2. The van der Waals surface area contributed by atoms with E-state index in [1.807, 2.05) is 6.92 Å². The standard InChI is InChI=1S/C12H13N3O4S/c1-8-3-5-10(14-7-8)15-12(16)9-4-6-11(19-9)20(17,18)13-2/h3-7,13H,1-2H3,(H,14,15,16). The minimum absolute atomic E-state index is 0.110. The lowest BCUT2D eigenvalue weighted by atomic mass is 10.3. The van der Waals surface area contributed by atoms with E-state index in [0.717, 1.165) is 5.56 Å². The Morgan fingerprint density at radius 2 is 2.00 bits per heavy atom. The van der Waals surface area contributed by atoms with E-state index in [9.17, 15) is 13.2 Å². The molecule has 0 aromatic carbocycles. The van der Waals surface area contributed by atoms with Gasteiger partial charge in [-0.1, -0.05) is 6.07 Å². The molecule has 0 saturated carbocycles. The van der Waals surface area contributed by atoms with Crippen molar-refractivity contribution in [2.45, 2.75) is 12.0 Å². The van der Waals surface area contributed by atoms with Gasteiger partial charge in [0.1, 0.15) is 5.82 Å². The second-order valence-corrected chi connectivity index (χ2v) is 5.82. The monoisotopic (exact) mass is 295 g/mol. The molecule has 0 saturated heterocycles. The average molecular weight is 295 g/mol. The second-order valence-electron chi connectivity index (χ2n) is 4.00. The van der Waals surface area contributed by atoms with Crippen LogP contribution in [0.1, 0.15) is 16.1 Å². The number of anilines is 1. The van der Waals surface area contributed by atoms with Crippen LogP contribution < -0.4 is 10.0 Å². The zero-order valence-corrected chi connectivity index (χ0v) is 11.7. The number of sulfonamides is 1. The molecule has 0 fully saturated rings. The number of hydrogen-bond acceptors (Lipinski definition) is 5. The van der Waals surface area contributed by atoms with Gasteiger partial charge in [-0.2, -0.15) is 0 Å². The van der Waals surface area contributed by atoms with Crippen LogP contribution in [0.4, 0.5) is 5.82 Å². The highest BCUT2D eigenvalue weighted by Gasteiger charge is 2.19. The second kappa shape index (κ2) is 5.43. The van der Waals surface area contributed by atoms with Gasteiger partial charge >= 0.3 is 0 Å². The Kier molecular flexibility index (Phi) is 3.86. The predicted molar refractivity (Wildman–Crippen MR) is 71.9 cm³/mol. The van der Waals surface area contributed by atoms with E-state index in [1.165, 1.54) is 19.2 Å². The van der Waals surface area contributed by atoms with Crippen molar-refractivity contribution in [3.8, 4) is 0 Å². The highest BCUT2D eigenvalue weighted by Crippen LogP contribution is 2.15. The Morgan fingerprint density at radius 1 is 1.25 bits per heavy atom. The third-order valence-corrected chi connectivity index (χ3v) is 3.78. The number of carbonyl (C=O) groups excluding carboxylic acids is 1. The first-order valence-corrected chi connectivity index (χ1v) is 7.18. The van der Waals surface area contributed by atoms with Crippen molar-refractivity contribution in [2.24, 2.45) is 0 Å². The average Bonchev–Trinajstić information content (AvgIpc) is 2.92. The first-order chi connectivity index (χ1) is 9.42. The molecule has 20 heavy (non-hydrogen) atoms. The van der Waals surface area contributed by atoms with Crippen LogP contribution in [-0.2, 0) is 10.0 Å². The summed E-state index contributed by atoms with van der Waals surface area (Å²) in [5.41, 5.74) is 0.961. The topological polar surface area (TPSA) is 101 Å². The van der Waals surface area contributed by atoms with Crippen LogP contribution in [0.5, 0.6) is 0 Å². The molecular formula is C12H13N3O4S. The smallest absolute Gasteiger partial charge is 0.292 e. The molecule has 0 spiro atoms. The molecule has 0 atom stereocenters. The Balaban J connectivity index is 2.16. The molecule has 106 valence electrons. The number of nitrogens with zero attached hydrogens (tertiary/aromatic N) is 1. The van der Waals surface area contributed by atoms with E-state index in [2.05, 4.69) is 15.0 Å². The number of carbonyl (C=O) groups is 1. The number of amides is 1. The maximum absolute atomic E-state index is 11.9. The van der Waals surface area contributed by atoms with Crippen molar-refractivity contribution < 1.29 is 17.6 Å². The lowest BCUT2D eigenvalue weighted by Crippen LogP contribution is -2.18. The first kappa shape index (κ1) is 14.2. The van der Waals surface area contributed by atoms with Gasteiger partial charge in [-0.25, -0.2) is 18.1 Å². The Labute approximate surface area is 116 Å². The van der Waals surface area contributed by atoms with Crippen LogP contribution in [0.2, 0.25) is 0 Å². The Morgan fingerprint density at radius 3 is 2.60 bits per heavy atom. The molecule has 0 aliphatic carbocycles. The Hall–Kier alpha value is -2.19. The molecule has 2 N–H and O–H groups in total. The zero-order valence-electron chi connectivity index (χ0n) is 10.9. The normalized spacial score (nSPS) is 11.3. The van der Waals surface area contributed by atoms with Gasteiger partial charge in [-0.3, -0.25) is 4.79 Å². The van der Waals surface area contributed by atoms with E-state index < -0.39 is 15.9 Å². The summed E-state index contributed by atoms with van der Waals surface area (Å²) in [7, 11) is -2.44. The van der Waals surface area contributed by atoms with Crippen LogP contribution in [0, 0.1) is 6.92 Å². The summed E-state index contributed by atoms with van der Waals surface area (Å²) >= 11 is 0. The fourth-order valence-electron chi connectivity index (χ4n) is 1.41. The van der Waals surface area contributed by atoms with E-state index in [4.69, 9.17) is 4.42 Å². The summed E-state index contributed by atoms with van der Waals surface area (Å²) in [6.07, 6.45) is 1.61. The zero-order chi connectivity index (χ0) is 14.8. The van der Waals surface area contributed by atoms with Gasteiger partial charge in [0.05, 0.1) is 0 Å². The Bertz CT molecular complexity index is 719. The number of furan rings is 1. The number of rotatable bonds is 4. The molecule has 8 heteroatoms. The lowest BCUT2D eigenvalue weighted by molar-refractivity contribution is 0.0991. The third kappa shape index (κ3) is 3.03. The maximum Gasteiger partial charge on any atom is 0.292 e. The van der Waals surface area contributed by atoms with Crippen molar-refractivity contribution in [2.75, 3.05) is 12.4 Å². The minimum Gasteiger partial charge on any atom is -0.438 e. The van der Waals surface area contributed by atoms with Crippen molar-refractivity contribution in [3.63, 3.8) is 0 Å². The minimum atomic E-state index is -3.70. The van der Waals surface area contributed by atoms with Gasteiger partial charge in [0.15, 0.2) is 5.76 Å². The molecule has 0 bridgehead atoms. The van der Waals surface area contributed by atoms with Gasteiger partial charge in [0.25, 0.3) is 15.9 Å². The first-order valence-electron chi connectivity index (χ1n) is 5.70. The van der Waals surface area contributed by atoms with Crippen LogP contribution >= 0.6 is 0 Å². The lowest BCUT2D eigenvalue weighted by Gasteiger charge is -2.02. The van der Waals surface area contributed by atoms with Crippen LogP contribution in [0.25, 0.3) is 0 Å². The molecule has 7 nitrogen and oxygen atoms in total. The number of aromatic nitrogens is 1. The molecule has 0 aliphatic rings. The highest BCUT2D eigenvalue weighted by molar-refractivity contribution is 7.89. The molecule has 2 aromatic heterocycles. The molecule has 2 heterocycles. The summed E-state index contributed by atoms with van der Waals surface area (Å²) in [5.74, 6) is -0.324. The molecule has 0 aliphatic heterocycles. The molecule has 2 rings (SSSR count). The third-order valence-electron chi connectivity index (χ3n) is 2.49. The summed E-state index contributed by atoms with van der Waals surface area (Å²) < 4.78 is 30.1. The SMILES string of the molecule is CNS(=O)(=O)c1ccc(C(=O)Nc2ccc(C)cn2)o1. The van der Waals surface area contributed by atoms with Gasteiger partial charge in [0.2, 0.25) is 5.09 Å². The van der Waals surface area contributed by atoms with E-state index in [0.29, 0.717) is 5.82 Å². The number of pyridine rings is 1. The summed E-state index contributed by atoms with van der Waals surface area (Å²) in [6.45, 7) is 1.88. The predicted octanol–water partition coefficient (Wildman–Crippen LogP) is 1.14. The van der Waals surface area contributed by atoms with Gasteiger partial charge in [-0.05, 0) is 37.7 Å². The van der Waals surface area contributed by atoms with Crippen LogP contribution in [0.3, 0.4) is 0 Å². The van der Waals surface area contributed by atoms with E-state index in [1.54, 1.807) is 18.3 Å². The van der Waals surface area contributed by atoms with Crippen LogP contribution in [0.15, 0.2) is 40.0 Å². The molecule has 0 unspecified atom stereocenters.